The number of carboxylic acids is 1. The van der Waals surface area contributed by atoms with Gasteiger partial charge in [0.2, 0.25) is 0 Å². The standard InChI is InChI=1S/C2H4O2.C2H6O2.C2H4O/c1-2(3)4;3-1-2-4;1-2-3/h1H3,(H,3,4);3-4H,1-2H2;2H,1H3. The van der Waals surface area contributed by atoms with Gasteiger partial charge in [-0.15, -0.1) is 0 Å². The van der Waals surface area contributed by atoms with E-state index in [-0.39, 0.29) is 13.2 Å². The second-order valence-electron chi connectivity index (χ2n) is 1.20. The van der Waals surface area contributed by atoms with Gasteiger partial charge in [-0.3, -0.25) is 4.79 Å². The number of rotatable bonds is 1. The van der Waals surface area contributed by atoms with E-state index in [0.717, 1.165) is 13.2 Å². The van der Waals surface area contributed by atoms with Crippen LogP contribution in [-0.4, -0.2) is 40.8 Å². The summed E-state index contributed by atoms with van der Waals surface area (Å²) in [6.45, 7) is 2.28. The molecule has 0 saturated carbocycles. The largest absolute Gasteiger partial charge is 0.481 e. The number of aliphatic carboxylic acids is 1. The van der Waals surface area contributed by atoms with Gasteiger partial charge in [0.1, 0.15) is 6.29 Å². The molecular formula is C6H14O5. The first-order valence-electron chi connectivity index (χ1n) is 2.87. The molecule has 0 aromatic heterocycles. The molecule has 0 spiro atoms. The zero-order valence-corrected chi connectivity index (χ0v) is 6.65. The van der Waals surface area contributed by atoms with Crippen LogP contribution in [0, 0.1) is 0 Å². The number of hydrogen-bond acceptors (Lipinski definition) is 4. The van der Waals surface area contributed by atoms with Crippen LogP contribution < -0.4 is 0 Å². The van der Waals surface area contributed by atoms with Crippen LogP contribution in [-0.2, 0) is 9.59 Å². The molecule has 0 amide bonds. The molecule has 0 heterocycles. The second-order valence-corrected chi connectivity index (χ2v) is 1.20. The molecule has 0 aliphatic carbocycles. The Morgan fingerprint density at radius 1 is 1.36 bits per heavy atom. The lowest BCUT2D eigenvalue weighted by atomic mass is 10.8. The third-order valence-corrected chi connectivity index (χ3v) is 0.1000. The molecule has 5 heteroatoms. The highest BCUT2D eigenvalue weighted by Gasteiger charge is 1.65. The normalized spacial score (nSPS) is 6.18. The summed E-state index contributed by atoms with van der Waals surface area (Å²) in [5.41, 5.74) is 0. The highest BCUT2D eigenvalue weighted by molar-refractivity contribution is 5.62. The molecule has 0 atom stereocenters. The first-order chi connectivity index (χ1) is 5.06. The van der Waals surface area contributed by atoms with Crippen molar-refractivity contribution in [1.29, 1.82) is 0 Å². The third-order valence-electron chi connectivity index (χ3n) is 0.1000. The Balaban J connectivity index is -0.0000000886. The Morgan fingerprint density at radius 2 is 1.45 bits per heavy atom. The van der Waals surface area contributed by atoms with E-state index in [9.17, 15) is 0 Å². The summed E-state index contributed by atoms with van der Waals surface area (Å²) in [6.07, 6.45) is 0.750. The number of aliphatic hydroxyl groups is 2. The predicted octanol–water partition coefficient (Wildman–Crippen LogP) is -0.733. The molecule has 5 nitrogen and oxygen atoms in total. The fourth-order valence-electron chi connectivity index (χ4n) is 0. The SMILES string of the molecule is CC(=O)O.CC=O.OCCO. The summed E-state index contributed by atoms with van der Waals surface area (Å²) in [6, 6.07) is 0. The van der Waals surface area contributed by atoms with Crippen LogP contribution in [0.15, 0.2) is 0 Å². The number of carbonyl (C=O) groups is 2. The zero-order chi connectivity index (χ0) is 9.70. The van der Waals surface area contributed by atoms with Gasteiger partial charge in [-0.25, -0.2) is 0 Å². The summed E-state index contributed by atoms with van der Waals surface area (Å²) in [4.78, 5) is 17.8. The summed E-state index contributed by atoms with van der Waals surface area (Å²) in [5.74, 6) is -0.833. The summed E-state index contributed by atoms with van der Waals surface area (Å²) < 4.78 is 0. The molecular weight excluding hydrogens is 152 g/mol. The van der Waals surface area contributed by atoms with Gasteiger partial charge in [0.05, 0.1) is 13.2 Å². The molecule has 0 bridgehead atoms. The molecule has 11 heavy (non-hydrogen) atoms. The summed E-state index contributed by atoms with van der Waals surface area (Å²) in [5, 5.41) is 22.7. The molecule has 0 fully saturated rings. The highest BCUT2D eigenvalue weighted by Crippen LogP contribution is 1.42. The van der Waals surface area contributed by atoms with Crippen LogP contribution in [0.3, 0.4) is 0 Å². The Labute approximate surface area is 65.3 Å². The molecule has 0 aliphatic heterocycles. The fraction of sp³-hybridized carbons (Fsp3) is 0.667. The van der Waals surface area contributed by atoms with Gasteiger partial charge in [-0.1, -0.05) is 0 Å². The van der Waals surface area contributed by atoms with Crippen LogP contribution in [0.2, 0.25) is 0 Å². The molecule has 3 N–H and O–H groups in total. The second kappa shape index (κ2) is 23.0. The zero-order valence-electron chi connectivity index (χ0n) is 6.65. The van der Waals surface area contributed by atoms with Crippen molar-refractivity contribution in [3.8, 4) is 0 Å². The first kappa shape index (κ1) is 16.6. The number of aliphatic hydroxyl groups excluding tert-OH is 2. The van der Waals surface area contributed by atoms with Crippen LogP contribution in [0.1, 0.15) is 13.8 Å². The van der Waals surface area contributed by atoms with Gasteiger partial charge >= 0.3 is 0 Å². The van der Waals surface area contributed by atoms with Crippen LogP contribution in [0.25, 0.3) is 0 Å². The summed E-state index contributed by atoms with van der Waals surface area (Å²) in [7, 11) is 0. The lowest BCUT2D eigenvalue weighted by Gasteiger charge is -1.70. The van der Waals surface area contributed by atoms with Crippen LogP contribution in [0.5, 0.6) is 0 Å². The maximum atomic E-state index is 9.00. The van der Waals surface area contributed by atoms with Crippen molar-refractivity contribution in [1.82, 2.24) is 0 Å². The van der Waals surface area contributed by atoms with E-state index >= 15 is 0 Å². The smallest absolute Gasteiger partial charge is 0.300 e. The van der Waals surface area contributed by atoms with Gasteiger partial charge in [0.15, 0.2) is 0 Å². The molecule has 0 radical (unpaired) electrons. The van der Waals surface area contributed by atoms with Crippen molar-refractivity contribution >= 4 is 12.3 Å². The molecule has 0 aromatic rings. The summed E-state index contributed by atoms with van der Waals surface area (Å²) >= 11 is 0. The average Bonchev–Trinajstić information content (AvgIpc) is 1.88. The highest BCUT2D eigenvalue weighted by atomic mass is 16.4. The molecule has 68 valence electrons. The van der Waals surface area contributed by atoms with Crippen molar-refractivity contribution in [2.75, 3.05) is 13.2 Å². The Bertz CT molecular complexity index is 75.0. The van der Waals surface area contributed by atoms with E-state index < -0.39 is 5.97 Å². The van der Waals surface area contributed by atoms with Crippen molar-refractivity contribution in [3.05, 3.63) is 0 Å². The minimum absolute atomic E-state index is 0.125. The Kier molecular flexibility index (Phi) is 34.6. The molecule has 0 saturated heterocycles. The van der Waals surface area contributed by atoms with Gasteiger partial charge in [0, 0.05) is 6.92 Å². The Morgan fingerprint density at radius 3 is 1.45 bits per heavy atom. The third kappa shape index (κ3) is 125000. The Hall–Kier alpha value is -0.940. The molecule has 0 aliphatic rings. The number of aldehydes is 1. The lowest BCUT2D eigenvalue weighted by Crippen LogP contribution is -1.85. The minimum atomic E-state index is -0.833. The maximum absolute atomic E-state index is 9.00. The van der Waals surface area contributed by atoms with E-state index in [1.165, 1.54) is 6.92 Å². The van der Waals surface area contributed by atoms with Crippen molar-refractivity contribution in [2.24, 2.45) is 0 Å². The van der Waals surface area contributed by atoms with Gasteiger partial charge in [-0.05, 0) is 6.92 Å². The van der Waals surface area contributed by atoms with Crippen LogP contribution in [0.4, 0.5) is 0 Å². The van der Waals surface area contributed by atoms with E-state index in [1.807, 2.05) is 0 Å². The molecule has 0 unspecified atom stereocenters. The van der Waals surface area contributed by atoms with Gasteiger partial charge in [0.25, 0.3) is 5.97 Å². The van der Waals surface area contributed by atoms with Crippen molar-refractivity contribution < 1.29 is 24.9 Å². The first-order valence-corrected chi connectivity index (χ1v) is 2.87. The van der Waals surface area contributed by atoms with Gasteiger partial charge in [-0.2, -0.15) is 0 Å². The average molecular weight is 166 g/mol. The number of carboxylic acid groups (broad SMARTS) is 1. The number of hydrogen-bond donors (Lipinski definition) is 3. The quantitative estimate of drug-likeness (QED) is 0.446. The van der Waals surface area contributed by atoms with E-state index in [2.05, 4.69) is 0 Å². The lowest BCUT2D eigenvalue weighted by molar-refractivity contribution is -0.134. The molecule has 0 aromatic carbocycles. The molecule has 0 rings (SSSR count). The van der Waals surface area contributed by atoms with Gasteiger partial charge < -0.3 is 20.1 Å². The van der Waals surface area contributed by atoms with Crippen LogP contribution >= 0.6 is 0 Å². The maximum Gasteiger partial charge on any atom is 0.300 e. The van der Waals surface area contributed by atoms with Crippen molar-refractivity contribution in [3.63, 3.8) is 0 Å². The van der Waals surface area contributed by atoms with E-state index in [1.54, 1.807) is 0 Å². The topological polar surface area (TPSA) is 94.8 Å². The van der Waals surface area contributed by atoms with E-state index in [0.29, 0.717) is 0 Å². The monoisotopic (exact) mass is 166 g/mol. The minimum Gasteiger partial charge on any atom is -0.481 e. The number of carbonyl (C=O) groups excluding carboxylic acids is 1. The van der Waals surface area contributed by atoms with Crippen molar-refractivity contribution in [2.45, 2.75) is 13.8 Å². The van der Waals surface area contributed by atoms with E-state index in [4.69, 9.17) is 24.9 Å². The predicted molar refractivity (Wildman–Crippen MR) is 39.2 cm³/mol. The fourth-order valence-corrected chi connectivity index (χ4v) is 0.